The number of nitrogens with one attached hydrogen (secondary N) is 1. The van der Waals surface area contributed by atoms with Crippen molar-refractivity contribution in [3.63, 3.8) is 0 Å². The molecule has 0 saturated heterocycles. The van der Waals surface area contributed by atoms with Crippen LogP contribution < -0.4 is 9.46 Å². The molecule has 0 aromatic heterocycles. The summed E-state index contributed by atoms with van der Waals surface area (Å²) in [4.78, 5) is 12.5. The van der Waals surface area contributed by atoms with E-state index in [0.717, 1.165) is 28.8 Å². The summed E-state index contributed by atoms with van der Waals surface area (Å²) in [5, 5.41) is 6.10. The summed E-state index contributed by atoms with van der Waals surface area (Å²) < 4.78 is 30.5. The molecular formula is C20H23N3O4S. The van der Waals surface area contributed by atoms with Crippen LogP contribution in [0.3, 0.4) is 0 Å². The third kappa shape index (κ3) is 4.51. The van der Waals surface area contributed by atoms with Gasteiger partial charge in [0, 0.05) is 18.5 Å². The summed E-state index contributed by atoms with van der Waals surface area (Å²) in [5.74, 6) is 0.671. The van der Waals surface area contributed by atoms with Gasteiger partial charge in [-0.15, -0.1) is 0 Å². The van der Waals surface area contributed by atoms with Gasteiger partial charge in [-0.1, -0.05) is 31.2 Å². The summed E-state index contributed by atoms with van der Waals surface area (Å²) in [7, 11) is -1.72. The van der Waals surface area contributed by atoms with E-state index in [1.807, 2.05) is 31.2 Å². The van der Waals surface area contributed by atoms with Gasteiger partial charge in [0.15, 0.2) is 0 Å². The molecule has 0 saturated carbocycles. The van der Waals surface area contributed by atoms with Gasteiger partial charge in [-0.2, -0.15) is 5.10 Å². The van der Waals surface area contributed by atoms with Gasteiger partial charge >= 0.3 is 0 Å². The van der Waals surface area contributed by atoms with Gasteiger partial charge in [0.05, 0.1) is 25.1 Å². The number of sulfonamides is 1. The zero-order valence-corrected chi connectivity index (χ0v) is 16.9. The highest BCUT2D eigenvalue weighted by Crippen LogP contribution is 2.34. The lowest BCUT2D eigenvalue weighted by atomic mass is 9.98. The second-order valence-corrected chi connectivity index (χ2v) is 8.34. The third-order valence-corrected chi connectivity index (χ3v) is 5.07. The Morgan fingerprint density at radius 2 is 1.96 bits per heavy atom. The van der Waals surface area contributed by atoms with Gasteiger partial charge in [-0.3, -0.25) is 9.52 Å². The lowest BCUT2D eigenvalue weighted by Gasteiger charge is -2.21. The van der Waals surface area contributed by atoms with Crippen LogP contribution in [0.5, 0.6) is 5.75 Å². The van der Waals surface area contributed by atoms with Gasteiger partial charge in [0.1, 0.15) is 5.75 Å². The predicted molar refractivity (Wildman–Crippen MR) is 109 cm³/mol. The predicted octanol–water partition coefficient (Wildman–Crippen LogP) is 3.15. The highest BCUT2D eigenvalue weighted by molar-refractivity contribution is 7.92. The van der Waals surface area contributed by atoms with Crippen molar-refractivity contribution in [2.24, 2.45) is 5.10 Å². The van der Waals surface area contributed by atoms with Gasteiger partial charge in [0.25, 0.3) is 0 Å². The Balaban J connectivity index is 1.89. The molecule has 0 fully saturated rings. The fourth-order valence-electron chi connectivity index (χ4n) is 3.13. The van der Waals surface area contributed by atoms with Crippen LogP contribution in [0.2, 0.25) is 0 Å². The number of nitrogens with zero attached hydrogens (tertiary/aromatic N) is 2. The van der Waals surface area contributed by atoms with E-state index in [9.17, 15) is 13.2 Å². The largest absolute Gasteiger partial charge is 0.497 e. The second-order valence-electron chi connectivity index (χ2n) is 6.59. The van der Waals surface area contributed by atoms with Crippen molar-refractivity contribution in [2.45, 2.75) is 25.8 Å². The van der Waals surface area contributed by atoms with E-state index in [2.05, 4.69) is 9.82 Å². The van der Waals surface area contributed by atoms with Crippen LogP contribution in [0.1, 0.15) is 36.9 Å². The Labute approximate surface area is 165 Å². The Morgan fingerprint density at radius 1 is 1.25 bits per heavy atom. The molecule has 3 rings (SSSR count). The second kappa shape index (κ2) is 8.02. The first-order valence-corrected chi connectivity index (χ1v) is 10.8. The van der Waals surface area contributed by atoms with Gasteiger partial charge in [-0.05, 0) is 35.4 Å². The molecule has 0 unspecified atom stereocenters. The number of rotatable bonds is 6. The summed E-state index contributed by atoms with van der Waals surface area (Å²) in [6.45, 7) is 1.81. The van der Waals surface area contributed by atoms with E-state index >= 15 is 0 Å². The van der Waals surface area contributed by atoms with Crippen LogP contribution in [0, 0.1) is 0 Å². The Bertz CT molecular complexity index is 1000. The van der Waals surface area contributed by atoms with Crippen LogP contribution in [0.25, 0.3) is 0 Å². The maximum absolute atomic E-state index is 12.5. The minimum atomic E-state index is -3.33. The zero-order valence-electron chi connectivity index (χ0n) is 16.0. The summed E-state index contributed by atoms with van der Waals surface area (Å²) in [6.07, 6.45) is 2.03. The summed E-state index contributed by atoms with van der Waals surface area (Å²) in [5.41, 5.74) is 3.06. The molecule has 2 aromatic carbocycles. The van der Waals surface area contributed by atoms with E-state index in [4.69, 9.17) is 4.74 Å². The van der Waals surface area contributed by atoms with Crippen LogP contribution in [-0.4, -0.2) is 38.4 Å². The number of carbonyl (C=O) groups is 1. The van der Waals surface area contributed by atoms with Crippen molar-refractivity contribution in [1.29, 1.82) is 0 Å². The molecule has 1 atom stereocenters. The van der Waals surface area contributed by atoms with E-state index in [-0.39, 0.29) is 11.9 Å². The molecule has 0 spiro atoms. The van der Waals surface area contributed by atoms with Crippen LogP contribution in [0.4, 0.5) is 5.69 Å². The minimum Gasteiger partial charge on any atom is -0.497 e. The number of hydrogen-bond donors (Lipinski definition) is 1. The molecule has 7 nitrogen and oxygen atoms in total. The molecule has 0 radical (unpaired) electrons. The fourth-order valence-corrected chi connectivity index (χ4v) is 3.69. The van der Waals surface area contributed by atoms with Crippen molar-refractivity contribution in [1.82, 2.24) is 5.01 Å². The van der Waals surface area contributed by atoms with Crippen molar-refractivity contribution >= 4 is 27.3 Å². The van der Waals surface area contributed by atoms with Crippen molar-refractivity contribution in [2.75, 3.05) is 18.1 Å². The quantitative estimate of drug-likeness (QED) is 0.805. The Kier molecular flexibility index (Phi) is 5.69. The third-order valence-electron chi connectivity index (χ3n) is 4.47. The fraction of sp³-hybridized carbons (Fsp3) is 0.300. The monoisotopic (exact) mass is 401 g/mol. The smallest absolute Gasteiger partial charge is 0.242 e. The number of benzene rings is 2. The first-order chi connectivity index (χ1) is 13.3. The molecular weight excluding hydrogens is 378 g/mol. The van der Waals surface area contributed by atoms with E-state index in [1.54, 1.807) is 31.4 Å². The highest BCUT2D eigenvalue weighted by Gasteiger charge is 2.32. The maximum atomic E-state index is 12.5. The zero-order chi connectivity index (χ0) is 20.3. The Morgan fingerprint density at radius 3 is 2.57 bits per heavy atom. The van der Waals surface area contributed by atoms with Crippen molar-refractivity contribution < 1.29 is 17.9 Å². The van der Waals surface area contributed by atoms with Gasteiger partial charge < -0.3 is 4.74 Å². The molecule has 148 valence electrons. The maximum Gasteiger partial charge on any atom is 0.242 e. The average molecular weight is 401 g/mol. The molecule has 1 heterocycles. The first-order valence-electron chi connectivity index (χ1n) is 8.92. The number of hydrazone groups is 1. The molecule has 0 aliphatic carbocycles. The first kappa shape index (κ1) is 19.9. The summed E-state index contributed by atoms with van der Waals surface area (Å²) >= 11 is 0. The van der Waals surface area contributed by atoms with Gasteiger partial charge in [0.2, 0.25) is 15.9 Å². The Hall–Kier alpha value is -2.87. The highest BCUT2D eigenvalue weighted by atomic mass is 32.2. The number of amides is 1. The van der Waals surface area contributed by atoms with Crippen molar-refractivity contribution in [3.8, 4) is 5.75 Å². The SMILES string of the molecule is CCC(=O)N1N=C(c2ccc(NS(C)(=O)=O)cc2)C[C@H]1c1cccc(OC)c1. The standard InChI is InChI=1S/C20H23N3O4S/c1-4-20(24)23-19(15-6-5-7-17(12-15)27-2)13-18(21-23)14-8-10-16(11-9-14)22-28(3,25)26/h5-12,19,22H,4,13H2,1-3H3/t19-/m0/s1. The topological polar surface area (TPSA) is 88.1 Å². The molecule has 1 amide bonds. The van der Waals surface area contributed by atoms with Crippen LogP contribution >= 0.6 is 0 Å². The van der Waals surface area contributed by atoms with Crippen molar-refractivity contribution in [3.05, 3.63) is 59.7 Å². The molecule has 1 aliphatic rings. The molecule has 2 aromatic rings. The van der Waals surface area contributed by atoms with Gasteiger partial charge in [-0.25, -0.2) is 13.4 Å². The number of carbonyl (C=O) groups excluding carboxylic acids is 1. The summed E-state index contributed by atoms with van der Waals surface area (Å²) in [6, 6.07) is 14.4. The minimum absolute atomic E-state index is 0.0572. The number of methoxy groups -OCH3 is 1. The van der Waals surface area contributed by atoms with E-state index < -0.39 is 10.0 Å². The molecule has 8 heteroatoms. The molecule has 1 N–H and O–H groups in total. The number of anilines is 1. The molecule has 28 heavy (non-hydrogen) atoms. The van der Waals surface area contributed by atoms with E-state index in [0.29, 0.717) is 18.5 Å². The van der Waals surface area contributed by atoms with E-state index in [1.165, 1.54) is 5.01 Å². The average Bonchev–Trinajstić information content (AvgIpc) is 3.12. The molecule has 1 aliphatic heterocycles. The van der Waals surface area contributed by atoms with Crippen LogP contribution in [0.15, 0.2) is 53.6 Å². The normalized spacial score (nSPS) is 16.6. The lowest BCUT2D eigenvalue weighted by molar-refractivity contribution is -0.132. The lowest BCUT2D eigenvalue weighted by Crippen LogP contribution is -2.26. The number of ether oxygens (including phenoxy) is 1. The van der Waals surface area contributed by atoms with Crippen LogP contribution in [-0.2, 0) is 14.8 Å². The molecule has 0 bridgehead atoms. The number of hydrogen-bond acceptors (Lipinski definition) is 5.